The summed E-state index contributed by atoms with van der Waals surface area (Å²) in [6.07, 6.45) is -0.414. The number of thiophene rings is 1. The normalized spacial score (nSPS) is 21.9. The minimum Gasteiger partial charge on any atom is -0.351 e. The van der Waals surface area contributed by atoms with Crippen LogP contribution >= 0.6 is 23.7 Å². The molecule has 1 atom stereocenters. The zero-order valence-corrected chi connectivity index (χ0v) is 10.5. The molecule has 0 bridgehead atoms. The first kappa shape index (κ1) is 14.3. The molecule has 0 spiro atoms. The molecule has 1 aromatic rings. The number of rotatable bonds is 3. The molecule has 7 heteroatoms. The Labute approximate surface area is 108 Å². The monoisotopic (exact) mass is 282 g/mol. The lowest BCUT2D eigenvalue weighted by Crippen LogP contribution is -2.39. The maximum Gasteiger partial charge on any atom is 0.262 e. The van der Waals surface area contributed by atoms with Gasteiger partial charge in [0.05, 0.1) is 12.6 Å². The largest absolute Gasteiger partial charge is 0.351 e. The second kappa shape index (κ2) is 5.75. The van der Waals surface area contributed by atoms with E-state index < -0.39 is 24.9 Å². The number of alkyl halides is 2. The summed E-state index contributed by atoms with van der Waals surface area (Å²) >= 11 is 1.54. The number of hydrogen-bond donors (Lipinski definition) is 2. The molecule has 17 heavy (non-hydrogen) atoms. The Morgan fingerprint density at radius 3 is 2.94 bits per heavy atom. The molecule has 0 radical (unpaired) electrons. The molecule has 2 heterocycles. The van der Waals surface area contributed by atoms with Gasteiger partial charge < -0.3 is 5.32 Å². The summed E-state index contributed by atoms with van der Waals surface area (Å²) in [6, 6.07) is 1.12. The van der Waals surface area contributed by atoms with E-state index in [1.54, 1.807) is 0 Å². The van der Waals surface area contributed by atoms with Gasteiger partial charge in [-0.3, -0.25) is 10.1 Å². The van der Waals surface area contributed by atoms with Crippen molar-refractivity contribution in [2.45, 2.75) is 24.9 Å². The Morgan fingerprint density at radius 2 is 2.41 bits per heavy atom. The number of halogens is 3. The molecule has 0 aromatic carbocycles. The fourth-order valence-corrected chi connectivity index (χ4v) is 2.28. The highest BCUT2D eigenvalue weighted by atomic mass is 35.5. The molecule has 0 saturated carbocycles. The minimum atomic E-state index is -2.76. The summed E-state index contributed by atoms with van der Waals surface area (Å²) < 4.78 is 25.7. The van der Waals surface area contributed by atoms with E-state index in [0.29, 0.717) is 6.54 Å². The molecular formula is C10H13ClF2N2OS. The molecule has 2 N–H and O–H groups in total. The van der Waals surface area contributed by atoms with Gasteiger partial charge in [-0.25, -0.2) is 8.78 Å². The molecule has 96 valence electrons. The van der Waals surface area contributed by atoms with Gasteiger partial charge in [-0.1, -0.05) is 0 Å². The Balaban J connectivity index is 0.00000144. The summed E-state index contributed by atoms with van der Waals surface area (Å²) in [5, 5.41) is 8.97. The Hall–Kier alpha value is -0.720. The van der Waals surface area contributed by atoms with Gasteiger partial charge in [0, 0.05) is 13.0 Å². The van der Waals surface area contributed by atoms with Crippen LogP contribution in [0.15, 0.2) is 16.8 Å². The van der Waals surface area contributed by atoms with Crippen LogP contribution in [0.4, 0.5) is 8.78 Å². The summed E-state index contributed by atoms with van der Waals surface area (Å²) in [6.45, 7) is -0.0182. The van der Waals surface area contributed by atoms with Crippen molar-refractivity contribution >= 4 is 29.7 Å². The molecule has 1 fully saturated rings. The van der Waals surface area contributed by atoms with E-state index in [-0.39, 0.29) is 18.3 Å². The average Bonchev–Trinajstić information content (AvgIpc) is 2.83. The van der Waals surface area contributed by atoms with Gasteiger partial charge in [0.2, 0.25) is 5.91 Å². The van der Waals surface area contributed by atoms with Crippen LogP contribution in [-0.2, 0) is 11.3 Å². The molecule has 1 aromatic heterocycles. The second-order valence-electron chi connectivity index (χ2n) is 3.84. The molecule has 1 saturated heterocycles. The highest BCUT2D eigenvalue weighted by molar-refractivity contribution is 7.07. The molecule has 0 aliphatic carbocycles. The smallest absolute Gasteiger partial charge is 0.262 e. The molecule has 1 aliphatic rings. The predicted molar refractivity (Wildman–Crippen MR) is 64.8 cm³/mol. The van der Waals surface area contributed by atoms with Crippen LogP contribution in [0.25, 0.3) is 0 Å². The van der Waals surface area contributed by atoms with Crippen molar-refractivity contribution in [3.05, 3.63) is 22.4 Å². The molecule has 1 amide bonds. The summed E-state index contributed by atoms with van der Waals surface area (Å²) in [7, 11) is 0. The lowest BCUT2D eigenvalue weighted by atomic mass is 10.2. The fraction of sp³-hybridized carbons (Fsp3) is 0.500. The number of carbonyl (C=O) groups excluding carboxylic acids is 1. The van der Waals surface area contributed by atoms with Crippen molar-refractivity contribution in [3.63, 3.8) is 0 Å². The quantitative estimate of drug-likeness (QED) is 0.887. The minimum absolute atomic E-state index is 0. The van der Waals surface area contributed by atoms with Crippen molar-refractivity contribution in [3.8, 4) is 0 Å². The summed E-state index contributed by atoms with van der Waals surface area (Å²) in [5.41, 5.74) is 0.989. The second-order valence-corrected chi connectivity index (χ2v) is 4.62. The fourth-order valence-electron chi connectivity index (χ4n) is 1.61. The standard InChI is InChI=1S/C10H12F2N2OS.ClH/c11-10(12)3-8(14-6-10)9(15)13-4-7-1-2-16-5-7;/h1-2,5,8,14H,3-4,6H2,(H,13,15);1H. The van der Waals surface area contributed by atoms with Gasteiger partial charge in [0.25, 0.3) is 5.92 Å². The van der Waals surface area contributed by atoms with Crippen LogP contribution in [-0.4, -0.2) is 24.4 Å². The van der Waals surface area contributed by atoms with Crippen LogP contribution in [0.3, 0.4) is 0 Å². The maximum absolute atomic E-state index is 12.8. The Kier molecular flexibility index (Phi) is 4.85. The third kappa shape index (κ3) is 3.90. The number of carbonyl (C=O) groups is 1. The van der Waals surface area contributed by atoms with Gasteiger partial charge in [-0.15, -0.1) is 12.4 Å². The molecule has 3 nitrogen and oxygen atoms in total. The van der Waals surface area contributed by atoms with Crippen LogP contribution in [0, 0.1) is 0 Å². The van der Waals surface area contributed by atoms with Gasteiger partial charge in [-0.05, 0) is 22.4 Å². The lowest BCUT2D eigenvalue weighted by molar-refractivity contribution is -0.123. The van der Waals surface area contributed by atoms with Crippen molar-refractivity contribution in [2.75, 3.05) is 6.54 Å². The van der Waals surface area contributed by atoms with Crippen LogP contribution in [0.1, 0.15) is 12.0 Å². The maximum atomic E-state index is 12.8. The summed E-state index contributed by atoms with van der Waals surface area (Å²) in [4.78, 5) is 11.5. The lowest BCUT2D eigenvalue weighted by Gasteiger charge is -2.10. The van der Waals surface area contributed by atoms with Gasteiger partial charge in [0.15, 0.2) is 0 Å². The van der Waals surface area contributed by atoms with Crippen LogP contribution in [0.5, 0.6) is 0 Å². The number of nitrogens with one attached hydrogen (secondary N) is 2. The zero-order valence-electron chi connectivity index (χ0n) is 8.91. The zero-order chi connectivity index (χ0) is 11.6. The van der Waals surface area contributed by atoms with Gasteiger partial charge in [0.1, 0.15) is 0 Å². The SMILES string of the molecule is Cl.O=C(NCc1ccsc1)C1CC(F)(F)CN1. The topological polar surface area (TPSA) is 41.1 Å². The van der Waals surface area contributed by atoms with Gasteiger partial charge in [-0.2, -0.15) is 11.3 Å². The molecule has 1 unspecified atom stereocenters. The Bertz CT molecular complexity index is 372. The van der Waals surface area contributed by atoms with E-state index in [2.05, 4.69) is 10.6 Å². The van der Waals surface area contributed by atoms with E-state index in [4.69, 9.17) is 0 Å². The Morgan fingerprint density at radius 1 is 1.65 bits per heavy atom. The molecule has 2 rings (SSSR count). The van der Waals surface area contributed by atoms with Gasteiger partial charge >= 0.3 is 0 Å². The molecular weight excluding hydrogens is 270 g/mol. The van der Waals surface area contributed by atoms with Crippen LogP contribution < -0.4 is 10.6 Å². The van der Waals surface area contributed by atoms with Crippen molar-refractivity contribution in [1.82, 2.24) is 10.6 Å². The van der Waals surface area contributed by atoms with E-state index >= 15 is 0 Å². The highest BCUT2D eigenvalue weighted by Gasteiger charge is 2.42. The van der Waals surface area contributed by atoms with Crippen LogP contribution in [0.2, 0.25) is 0 Å². The predicted octanol–water partition coefficient (Wildman–Crippen LogP) is 1.78. The van der Waals surface area contributed by atoms with E-state index in [1.807, 2.05) is 16.8 Å². The van der Waals surface area contributed by atoms with E-state index in [0.717, 1.165) is 5.56 Å². The average molecular weight is 283 g/mol. The number of hydrogen-bond acceptors (Lipinski definition) is 3. The van der Waals surface area contributed by atoms with Crippen molar-refractivity contribution in [1.29, 1.82) is 0 Å². The third-order valence-electron chi connectivity index (χ3n) is 2.47. The summed E-state index contributed by atoms with van der Waals surface area (Å²) in [5.74, 6) is -3.12. The third-order valence-corrected chi connectivity index (χ3v) is 3.21. The molecule has 1 aliphatic heterocycles. The first-order valence-corrected chi connectivity index (χ1v) is 5.91. The van der Waals surface area contributed by atoms with Crippen molar-refractivity contribution < 1.29 is 13.6 Å². The van der Waals surface area contributed by atoms with E-state index in [1.165, 1.54) is 11.3 Å². The highest BCUT2D eigenvalue weighted by Crippen LogP contribution is 2.25. The van der Waals surface area contributed by atoms with Crippen molar-refractivity contribution in [2.24, 2.45) is 0 Å². The first-order valence-electron chi connectivity index (χ1n) is 4.97. The van der Waals surface area contributed by atoms with E-state index in [9.17, 15) is 13.6 Å². The first-order chi connectivity index (χ1) is 7.57. The number of amides is 1.